The van der Waals surface area contributed by atoms with Gasteiger partial charge in [-0.25, -0.2) is 9.97 Å². The van der Waals surface area contributed by atoms with Gasteiger partial charge in [-0.2, -0.15) is 4.57 Å². The average molecular weight is 497 g/mol. The summed E-state index contributed by atoms with van der Waals surface area (Å²) < 4.78 is 3.48. The molecule has 0 saturated carbocycles. The lowest BCUT2D eigenvalue weighted by Gasteiger charge is -2.50. The normalized spacial score (nSPS) is 20.0. The van der Waals surface area contributed by atoms with Crippen LogP contribution in [0.15, 0.2) is 41.0 Å². The number of β-lactam (4-membered cyclic amide) rings is 1. The number of pyridine rings is 1. The molecule has 1 fully saturated rings. The first-order chi connectivity index (χ1) is 16.8. The summed E-state index contributed by atoms with van der Waals surface area (Å²) in [4.78, 5) is 52.3. The van der Waals surface area contributed by atoms with E-state index in [2.05, 4.69) is 20.4 Å². The number of carbonyl (C=O) groups excluding carboxylic acids is 3. The summed E-state index contributed by atoms with van der Waals surface area (Å²) in [5.74, 6) is -2.72. The quantitative estimate of drug-likeness (QED) is 0.177. The molecule has 0 bridgehead atoms. The van der Waals surface area contributed by atoms with Gasteiger partial charge >= 0.3 is 0 Å². The topological polar surface area (TPSA) is 172 Å². The Morgan fingerprint density at radius 2 is 2.23 bits per heavy atom. The van der Waals surface area contributed by atoms with Gasteiger partial charge in [-0.15, -0.1) is 11.3 Å². The van der Waals surface area contributed by atoms with E-state index in [4.69, 9.17) is 10.6 Å². The number of amides is 2. The van der Waals surface area contributed by atoms with Crippen LogP contribution in [0.2, 0.25) is 0 Å². The number of nitrogen functional groups attached to an aromatic ring is 1. The van der Waals surface area contributed by atoms with Crippen LogP contribution in [0.5, 0.6) is 0 Å². The first-order valence-electron chi connectivity index (χ1n) is 10.5. The molecule has 2 aliphatic rings. The predicted molar refractivity (Wildman–Crippen MR) is 121 cm³/mol. The van der Waals surface area contributed by atoms with Gasteiger partial charge in [0.2, 0.25) is 11.9 Å². The number of hydrogen-bond donors (Lipinski definition) is 2. The highest BCUT2D eigenvalue weighted by molar-refractivity contribution is 7.13. The molecule has 5 heterocycles. The lowest BCUT2D eigenvalue weighted by molar-refractivity contribution is -0.583. The minimum absolute atomic E-state index is 0.140. The van der Waals surface area contributed by atoms with Crippen molar-refractivity contribution in [3.8, 4) is 0 Å². The fraction of sp³-hybridized carbons (Fsp3) is 0.286. The molecule has 2 atom stereocenters. The summed E-state index contributed by atoms with van der Waals surface area (Å²) >= 11 is 1.13. The number of aromatic nitrogens is 4. The number of carbonyl (C=O) groups is 3. The Balaban J connectivity index is 1.42. The highest BCUT2D eigenvalue weighted by Crippen LogP contribution is 2.36. The van der Waals surface area contributed by atoms with Gasteiger partial charge in [0, 0.05) is 24.9 Å². The number of carboxylic acid groups (broad SMARTS) is 1. The smallest absolute Gasteiger partial charge is 0.276 e. The number of fused-ring (bicyclic) bond motifs is 2. The average Bonchev–Trinajstić information content (AvgIpc) is 3.44. The van der Waals surface area contributed by atoms with Crippen molar-refractivity contribution in [3.63, 3.8) is 0 Å². The third-order valence-corrected chi connectivity index (χ3v) is 6.71. The Morgan fingerprint density at radius 1 is 1.43 bits per heavy atom. The number of nitrogens with two attached hydrogens (primary N) is 1. The van der Waals surface area contributed by atoms with Crippen LogP contribution in [0, 0.1) is 0 Å². The third kappa shape index (κ3) is 3.67. The standard InChI is InChI=1S/C21H20N8O5S/c1-27-9-23-10-5-6-28(7-14(10)27)13-4-3-12-16(19(31)29(12)17(13)20(32)33)25-18(30)15(26-34-2)11-8-35-21(22)24-11/h5-9,12,16H,3-4H2,1-2H3,(H3-,22,24,25,30,32,33)/b26-15+/t12-,16+/m1/s1. The Kier molecular flexibility index (Phi) is 5.43. The van der Waals surface area contributed by atoms with Gasteiger partial charge in [-0.05, 0) is 6.42 Å². The number of aryl methyl sites for hydroxylation is 1. The zero-order valence-corrected chi connectivity index (χ0v) is 19.5. The number of allylic oxidation sites excluding steroid dienone is 1. The number of rotatable bonds is 6. The third-order valence-electron chi connectivity index (χ3n) is 6.03. The zero-order chi connectivity index (χ0) is 24.9. The second kappa shape index (κ2) is 8.47. The summed E-state index contributed by atoms with van der Waals surface area (Å²) in [6.45, 7) is 0. The summed E-state index contributed by atoms with van der Waals surface area (Å²) in [6, 6.07) is 0.291. The van der Waals surface area contributed by atoms with Crippen molar-refractivity contribution in [1.29, 1.82) is 0 Å². The van der Waals surface area contributed by atoms with Gasteiger partial charge in [0.15, 0.2) is 17.0 Å². The molecule has 0 aromatic carbocycles. The van der Waals surface area contributed by atoms with E-state index in [9.17, 15) is 19.5 Å². The van der Waals surface area contributed by atoms with E-state index in [0.717, 1.165) is 22.4 Å². The Labute approximate surface area is 202 Å². The molecule has 35 heavy (non-hydrogen) atoms. The lowest BCUT2D eigenvalue weighted by Crippen LogP contribution is -2.73. The van der Waals surface area contributed by atoms with Crippen molar-refractivity contribution in [2.75, 3.05) is 12.8 Å². The van der Waals surface area contributed by atoms with Crippen molar-refractivity contribution in [3.05, 3.63) is 41.6 Å². The van der Waals surface area contributed by atoms with Gasteiger partial charge in [0.05, 0.1) is 18.3 Å². The summed E-state index contributed by atoms with van der Waals surface area (Å²) in [5.41, 5.74) is 7.46. The molecule has 0 unspecified atom stereocenters. The van der Waals surface area contributed by atoms with Gasteiger partial charge in [0.25, 0.3) is 11.8 Å². The fourth-order valence-corrected chi connectivity index (χ4v) is 4.97. The van der Waals surface area contributed by atoms with Crippen molar-refractivity contribution in [2.45, 2.75) is 24.9 Å². The van der Waals surface area contributed by atoms with Crippen molar-refractivity contribution >= 4 is 56.7 Å². The first kappa shape index (κ1) is 22.5. The van der Waals surface area contributed by atoms with Gasteiger partial charge in [-0.1, -0.05) is 5.16 Å². The maximum absolute atomic E-state index is 13.0. The maximum Gasteiger partial charge on any atom is 0.276 e. The molecular formula is C21H20N8O5S. The summed E-state index contributed by atoms with van der Waals surface area (Å²) in [7, 11) is 3.11. The van der Waals surface area contributed by atoms with E-state index in [1.54, 1.807) is 34.7 Å². The number of hydrogen-bond acceptors (Lipinski definition) is 10. The Hall–Kier alpha value is -4.33. The molecule has 0 aliphatic carbocycles. The van der Waals surface area contributed by atoms with Crippen molar-refractivity contribution in [1.82, 2.24) is 24.8 Å². The van der Waals surface area contributed by atoms with Crippen LogP contribution in [-0.2, 0) is 26.3 Å². The van der Waals surface area contributed by atoms with Crippen LogP contribution in [0.4, 0.5) is 5.13 Å². The molecule has 14 heteroatoms. The van der Waals surface area contributed by atoms with Crippen LogP contribution >= 0.6 is 11.3 Å². The van der Waals surface area contributed by atoms with Crippen LogP contribution in [-0.4, -0.2) is 62.1 Å². The van der Waals surface area contributed by atoms with Crippen molar-refractivity contribution in [2.24, 2.45) is 12.2 Å². The van der Waals surface area contributed by atoms with E-state index >= 15 is 0 Å². The largest absolute Gasteiger partial charge is 0.543 e. The molecule has 3 aromatic heterocycles. The lowest BCUT2D eigenvalue weighted by atomic mass is 9.85. The number of anilines is 1. The van der Waals surface area contributed by atoms with Crippen LogP contribution in [0.1, 0.15) is 18.5 Å². The van der Waals surface area contributed by atoms with Gasteiger partial charge in [-0.3, -0.25) is 14.5 Å². The monoisotopic (exact) mass is 496 g/mol. The highest BCUT2D eigenvalue weighted by Gasteiger charge is 2.54. The molecule has 0 spiro atoms. The summed E-state index contributed by atoms with van der Waals surface area (Å²) in [5, 5.41) is 20.3. The van der Waals surface area contributed by atoms with E-state index in [0.29, 0.717) is 18.5 Å². The molecule has 3 aromatic rings. The van der Waals surface area contributed by atoms with E-state index in [-0.39, 0.29) is 22.2 Å². The van der Waals surface area contributed by atoms with Crippen molar-refractivity contribution < 1.29 is 28.9 Å². The molecule has 13 nitrogen and oxygen atoms in total. The minimum Gasteiger partial charge on any atom is -0.543 e. The van der Waals surface area contributed by atoms with Crippen LogP contribution in [0.3, 0.4) is 0 Å². The van der Waals surface area contributed by atoms with E-state index in [1.165, 1.54) is 12.0 Å². The molecular weight excluding hydrogens is 476 g/mol. The fourth-order valence-electron chi connectivity index (χ4n) is 4.42. The second-order valence-electron chi connectivity index (χ2n) is 8.02. The second-order valence-corrected chi connectivity index (χ2v) is 8.91. The predicted octanol–water partition coefficient (Wildman–Crippen LogP) is -1.64. The number of nitrogens with zero attached hydrogens (tertiary/aromatic N) is 6. The number of carboxylic acids is 1. The SMILES string of the molecule is CO/N=C(/C(=O)N[C@@H]1C(=O)N2C(C(=O)[O-])=C([n+]3ccc4ncn(C)c4c3)CC[C@H]12)c1csc(N)n1. The summed E-state index contributed by atoms with van der Waals surface area (Å²) in [6.07, 6.45) is 5.90. The Morgan fingerprint density at radius 3 is 2.91 bits per heavy atom. The number of thiazole rings is 1. The minimum atomic E-state index is -1.47. The molecule has 2 amide bonds. The van der Waals surface area contributed by atoms with Crippen LogP contribution in [0.25, 0.3) is 16.7 Å². The molecule has 5 rings (SSSR count). The molecule has 180 valence electrons. The zero-order valence-electron chi connectivity index (χ0n) is 18.7. The maximum atomic E-state index is 13.0. The molecule has 0 radical (unpaired) electrons. The first-order valence-corrected chi connectivity index (χ1v) is 11.4. The number of oxime groups is 1. The number of nitrogens with one attached hydrogen (secondary N) is 1. The molecule has 3 N–H and O–H groups in total. The van der Waals surface area contributed by atoms with Gasteiger partial charge < -0.3 is 30.4 Å². The number of aliphatic carboxylic acids is 1. The molecule has 2 aliphatic heterocycles. The van der Waals surface area contributed by atoms with Crippen LogP contribution < -0.4 is 20.7 Å². The molecule has 1 saturated heterocycles. The van der Waals surface area contributed by atoms with Gasteiger partial charge in [0.1, 0.15) is 35.6 Å². The Bertz CT molecular complexity index is 1440. The van der Waals surface area contributed by atoms with E-state index in [1.807, 2.05) is 11.6 Å². The highest BCUT2D eigenvalue weighted by atomic mass is 32.1. The number of imidazole rings is 1. The van der Waals surface area contributed by atoms with E-state index < -0.39 is 29.9 Å².